The van der Waals surface area contributed by atoms with Gasteiger partial charge in [-0.05, 0) is 20.3 Å². The highest BCUT2D eigenvalue weighted by Gasteiger charge is 2.08. The second-order valence-electron chi connectivity index (χ2n) is 3.68. The molecule has 2 N–H and O–H groups in total. The van der Waals surface area contributed by atoms with Gasteiger partial charge in [-0.1, -0.05) is 6.04 Å². The summed E-state index contributed by atoms with van der Waals surface area (Å²) in [4.78, 5) is 6.07. The minimum atomic E-state index is -0.0415. The molecule has 0 rings (SSSR count). The Kier molecular flexibility index (Phi) is 10.2. The number of guanidine groups is 1. The standard InChI is InChI=1S/C11H25N3O2Si/c1-5-15-11(16-6-2)17-9-7-8-13-10(12)14(3)4/h11H,5-9H2,1-4H3,(H2,12,13). The van der Waals surface area contributed by atoms with Gasteiger partial charge in [-0.2, -0.15) is 0 Å². The van der Waals surface area contributed by atoms with Crippen molar-refractivity contribution in [3.05, 3.63) is 0 Å². The van der Waals surface area contributed by atoms with Gasteiger partial charge in [0.05, 0.1) is 0 Å². The van der Waals surface area contributed by atoms with Crippen LogP contribution < -0.4 is 5.73 Å². The highest BCUT2D eigenvalue weighted by molar-refractivity contribution is 6.36. The van der Waals surface area contributed by atoms with E-state index in [2.05, 4.69) is 4.99 Å². The van der Waals surface area contributed by atoms with Crippen molar-refractivity contribution in [2.45, 2.75) is 32.2 Å². The number of aliphatic imine (C=N–C) groups is 1. The highest BCUT2D eigenvalue weighted by atomic mass is 28.2. The molecule has 0 saturated heterocycles. The average Bonchev–Trinajstić information content (AvgIpc) is 2.28. The summed E-state index contributed by atoms with van der Waals surface area (Å²) in [7, 11) is 4.45. The molecule has 0 fully saturated rings. The van der Waals surface area contributed by atoms with Crippen molar-refractivity contribution in [3.8, 4) is 0 Å². The fraction of sp³-hybridized carbons (Fsp3) is 0.909. The molecule has 0 amide bonds. The van der Waals surface area contributed by atoms with Crippen LogP contribution in [-0.4, -0.2) is 60.1 Å². The minimum absolute atomic E-state index is 0.0415. The van der Waals surface area contributed by atoms with Gasteiger partial charge in [0.2, 0.25) is 0 Å². The summed E-state index contributed by atoms with van der Waals surface area (Å²) < 4.78 is 10.9. The van der Waals surface area contributed by atoms with Crippen molar-refractivity contribution >= 4 is 15.5 Å². The first-order valence-corrected chi connectivity index (χ1v) is 7.34. The third-order valence-electron chi connectivity index (χ3n) is 2.01. The van der Waals surface area contributed by atoms with Crippen LogP contribution in [0.25, 0.3) is 0 Å². The van der Waals surface area contributed by atoms with Gasteiger partial charge >= 0.3 is 0 Å². The van der Waals surface area contributed by atoms with Crippen LogP contribution in [0.3, 0.4) is 0 Å². The number of hydrogen-bond donors (Lipinski definition) is 1. The second kappa shape index (κ2) is 10.6. The third kappa shape index (κ3) is 9.14. The molecule has 100 valence electrons. The Labute approximate surface area is 107 Å². The van der Waals surface area contributed by atoms with E-state index in [1.54, 1.807) is 0 Å². The number of ether oxygens (including phenoxy) is 2. The predicted molar refractivity (Wildman–Crippen MR) is 72.4 cm³/mol. The van der Waals surface area contributed by atoms with Gasteiger partial charge in [-0.15, -0.1) is 0 Å². The first kappa shape index (κ1) is 16.4. The lowest BCUT2D eigenvalue weighted by Gasteiger charge is -2.15. The molecule has 0 spiro atoms. The summed E-state index contributed by atoms with van der Waals surface area (Å²) in [5.41, 5.74) is 5.68. The predicted octanol–water partition coefficient (Wildman–Crippen LogP) is 0.732. The fourth-order valence-corrected chi connectivity index (χ4v) is 2.27. The summed E-state index contributed by atoms with van der Waals surface area (Å²) in [5, 5.41) is 0. The van der Waals surface area contributed by atoms with Crippen molar-refractivity contribution < 1.29 is 9.47 Å². The molecule has 0 aromatic rings. The van der Waals surface area contributed by atoms with Crippen molar-refractivity contribution in [1.82, 2.24) is 4.90 Å². The fourth-order valence-electron chi connectivity index (χ4n) is 1.10. The van der Waals surface area contributed by atoms with Gasteiger partial charge in [-0.25, -0.2) is 0 Å². The maximum absolute atomic E-state index is 5.68. The first-order valence-electron chi connectivity index (χ1n) is 6.05. The zero-order valence-corrected chi connectivity index (χ0v) is 12.4. The summed E-state index contributed by atoms with van der Waals surface area (Å²) >= 11 is 0. The molecular weight excluding hydrogens is 234 g/mol. The lowest BCUT2D eigenvalue weighted by molar-refractivity contribution is -0.0827. The molecule has 0 aliphatic rings. The normalized spacial score (nSPS) is 12.2. The minimum Gasteiger partial charge on any atom is -0.370 e. The maximum atomic E-state index is 5.68. The molecule has 0 bridgehead atoms. The molecule has 0 aliphatic carbocycles. The molecule has 0 saturated carbocycles. The molecule has 2 radical (unpaired) electrons. The SMILES string of the molecule is CCOC(OCC)[Si]CCCN=C(N)N(C)C. The molecule has 0 aromatic carbocycles. The van der Waals surface area contributed by atoms with Gasteiger partial charge in [0.1, 0.15) is 15.4 Å². The van der Waals surface area contributed by atoms with Gasteiger partial charge in [0.25, 0.3) is 0 Å². The van der Waals surface area contributed by atoms with Crippen molar-refractivity contribution in [1.29, 1.82) is 0 Å². The molecule has 0 aliphatic heterocycles. The van der Waals surface area contributed by atoms with Crippen LogP contribution in [0.2, 0.25) is 6.04 Å². The molecular formula is C11H25N3O2Si. The van der Waals surface area contributed by atoms with E-state index in [0.29, 0.717) is 28.7 Å². The van der Waals surface area contributed by atoms with Crippen molar-refractivity contribution in [2.24, 2.45) is 10.7 Å². The Hall–Kier alpha value is -0.593. The van der Waals surface area contributed by atoms with Gasteiger partial charge in [0.15, 0.2) is 5.96 Å². The van der Waals surface area contributed by atoms with E-state index in [1.165, 1.54) is 0 Å². The van der Waals surface area contributed by atoms with Crippen molar-refractivity contribution in [2.75, 3.05) is 33.9 Å². The topological polar surface area (TPSA) is 60.1 Å². The zero-order valence-electron chi connectivity index (χ0n) is 11.4. The van der Waals surface area contributed by atoms with E-state index < -0.39 is 0 Å². The monoisotopic (exact) mass is 259 g/mol. The maximum Gasteiger partial charge on any atom is 0.190 e. The lowest BCUT2D eigenvalue weighted by atomic mass is 10.5. The van der Waals surface area contributed by atoms with E-state index in [4.69, 9.17) is 15.2 Å². The Bertz CT molecular complexity index is 207. The van der Waals surface area contributed by atoms with E-state index >= 15 is 0 Å². The van der Waals surface area contributed by atoms with Gasteiger partial charge in [-0.3, -0.25) is 4.99 Å². The quantitative estimate of drug-likeness (QED) is 0.218. The molecule has 0 atom stereocenters. The van der Waals surface area contributed by atoms with Crippen LogP contribution in [0.1, 0.15) is 20.3 Å². The Morgan fingerprint density at radius 1 is 1.29 bits per heavy atom. The summed E-state index contributed by atoms with van der Waals surface area (Å²) in [5.74, 6) is 0.541. The van der Waals surface area contributed by atoms with E-state index in [-0.39, 0.29) is 5.91 Å². The summed E-state index contributed by atoms with van der Waals surface area (Å²) in [6.45, 7) is 6.13. The molecule has 0 heterocycles. The van der Waals surface area contributed by atoms with Crippen LogP contribution in [0, 0.1) is 0 Å². The smallest absolute Gasteiger partial charge is 0.190 e. The second-order valence-corrected chi connectivity index (χ2v) is 5.06. The summed E-state index contributed by atoms with van der Waals surface area (Å²) in [6.07, 6.45) is 1.02. The van der Waals surface area contributed by atoms with Crippen LogP contribution in [-0.2, 0) is 9.47 Å². The van der Waals surface area contributed by atoms with E-state index in [9.17, 15) is 0 Å². The molecule has 5 nitrogen and oxygen atoms in total. The molecule has 0 aromatic heterocycles. The Morgan fingerprint density at radius 3 is 2.35 bits per heavy atom. The van der Waals surface area contributed by atoms with Crippen LogP contribution >= 0.6 is 0 Å². The van der Waals surface area contributed by atoms with Crippen LogP contribution in [0.4, 0.5) is 0 Å². The largest absolute Gasteiger partial charge is 0.370 e. The van der Waals surface area contributed by atoms with Crippen LogP contribution in [0.15, 0.2) is 4.99 Å². The summed E-state index contributed by atoms with van der Waals surface area (Å²) in [6, 6.07) is 1.06. The number of rotatable bonds is 9. The van der Waals surface area contributed by atoms with E-state index in [0.717, 1.165) is 19.0 Å². The zero-order chi connectivity index (χ0) is 13.1. The lowest BCUT2D eigenvalue weighted by Crippen LogP contribution is -2.30. The first-order chi connectivity index (χ1) is 8.11. The number of nitrogens with two attached hydrogens (primary N) is 1. The van der Waals surface area contributed by atoms with Crippen LogP contribution in [0.5, 0.6) is 0 Å². The Morgan fingerprint density at radius 2 is 1.88 bits per heavy atom. The van der Waals surface area contributed by atoms with Gasteiger partial charge < -0.3 is 20.1 Å². The highest BCUT2D eigenvalue weighted by Crippen LogP contribution is 1.99. The molecule has 6 heteroatoms. The number of hydrogen-bond acceptors (Lipinski definition) is 3. The van der Waals surface area contributed by atoms with E-state index in [1.807, 2.05) is 32.8 Å². The third-order valence-corrected chi connectivity index (χ3v) is 3.32. The van der Waals surface area contributed by atoms with Gasteiger partial charge in [0, 0.05) is 33.9 Å². The molecule has 17 heavy (non-hydrogen) atoms. The molecule has 0 unspecified atom stereocenters. The Balaban J connectivity index is 3.64. The number of nitrogens with zero attached hydrogens (tertiary/aromatic N) is 2. The van der Waals surface area contributed by atoms with Crippen molar-refractivity contribution in [3.63, 3.8) is 0 Å². The average molecular weight is 259 g/mol.